The van der Waals surface area contributed by atoms with Crippen LogP contribution < -0.4 is 10.6 Å². The first kappa shape index (κ1) is 15.9. The summed E-state index contributed by atoms with van der Waals surface area (Å²) in [5, 5.41) is 5.59. The molecule has 7 heteroatoms. The average molecular weight is 333 g/mol. The summed E-state index contributed by atoms with van der Waals surface area (Å²) in [6.45, 7) is 4.13. The topological polar surface area (TPSA) is 84.2 Å². The Morgan fingerprint density at radius 3 is 3.00 bits per heavy atom. The van der Waals surface area contributed by atoms with E-state index in [1.165, 1.54) is 11.8 Å². The van der Waals surface area contributed by atoms with Crippen LogP contribution in [0.4, 0.5) is 0 Å². The summed E-state index contributed by atoms with van der Waals surface area (Å²) in [4.78, 5) is 28.4. The van der Waals surface area contributed by atoms with E-state index in [9.17, 15) is 9.59 Å². The lowest BCUT2D eigenvalue weighted by molar-refractivity contribution is -0.129. The quantitative estimate of drug-likeness (QED) is 0.886. The van der Waals surface area contributed by atoms with Gasteiger partial charge in [0, 0.05) is 18.7 Å². The number of amides is 2. The number of thioether (sulfide) groups is 1. The number of nitrogens with one attached hydrogen (secondary N) is 2. The molecule has 23 heavy (non-hydrogen) atoms. The Hall–Kier alpha value is -2.02. The van der Waals surface area contributed by atoms with Gasteiger partial charge in [0.15, 0.2) is 11.5 Å². The molecule has 1 fully saturated rings. The fraction of sp³-hybridized carbons (Fsp3) is 0.438. The monoisotopic (exact) mass is 333 g/mol. The lowest BCUT2D eigenvalue weighted by atomic mass is 10.1. The maximum absolute atomic E-state index is 12.1. The summed E-state index contributed by atoms with van der Waals surface area (Å²) in [6.07, 6.45) is 0.514. The van der Waals surface area contributed by atoms with Crippen LogP contribution in [-0.2, 0) is 16.0 Å². The van der Waals surface area contributed by atoms with Crippen molar-refractivity contribution < 1.29 is 14.0 Å². The van der Waals surface area contributed by atoms with Gasteiger partial charge in [-0.2, -0.15) is 0 Å². The van der Waals surface area contributed by atoms with Crippen LogP contribution in [0.1, 0.15) is 19.7 Å². The summed E-state index contributed by atoms with van der Waals surface area (Å²) < 4.78 is 5.13. The molecule has 0 spiro atoms. The van der Waals surface area contributed by atoms with E-state index in [1.54, 1.807) is 0 Å². The minimum atomic E-state index is -0.482. The van der Waals surface area contributed by atoms with Gasteiger partial charge < -0.3 is 15.1 Å². The van der Waals surface area contributed by atoms with Crippen LogP contribution in [0, 0.1) is 0 Å². The van der Waals surface area contributed by atoms with Gasteiger partial charge in [-0.05, 0) is 26.0 Å². The molecule has 1 aromatic carbocycles. The Labute approximate surface area is 138 Å². The molecule has 1 aromatic heterocycles. The molecule has 3 rings (SSSR count). The molecule has 122 valence electrons. The van der Waals surface area contributed by atoms with Crippen LogP contribution in [-0.4, -0.2) is 39.9 Å². The molecule has 0 radical (unpaired) electrons. The summed E-state index contributed by atoms with van der Waals surface area (Å²) >= 11 is 1.49. The van der Waals surface area contributed by atoms with E-state index < -0.39 is 10.8 Å². The number of fused-ring (bicyclic) bond motifs is 1. The molecule has 0 saturated carbocycles. The minimum Gasteiger partial charge on any atom is -0.441 e. The Kier molecular flexibility index (Phi) is 4.30. The molecule has 2 heterocycles. The molecule has 2 amide bonds. The van der Waals surface area contributed by atoms with Crippen molar-refractivity contribution in [1.82, 2.24) is 15.6 Å². The molecule has 6 nitrogen and oxygen atoms in total. The smallest absolute Gasteiger partial charge is 0.243 e. The Balaban J connectivity index is 1.50. The van der Waals surface area contributed by atoms with Crippen LogP contribution >= 0.6 is 11.8 Å². The van der Waals surface area contributed by atoms with Crippen molar-refractivity contribution in [2.75, 3.05) is 12.3 Å². The molecule has 2 aromatic rings. The number of hydrogen-bond donors (Lipinski definition) is 2. The average Bonchev–Trinajstić information content (AvgIpc) is 2.92. The van der Waals surface area contributed by atoms with E-state index in [1.807, 2.05) is 38.1 Å². The molecular formula is C16H19N3O3S. The SMILES string of the molecule is CC1(C)SCC(C(=O)NCCc2nc3ccccc3o2)NC1=O. The predicted octanol–water partition coefficient (Wildman–Crippen LogP) is 1.50. The molecule has 1 atom stereocenters. The molecule has 0 aliphatic carbocycles. The van der Waals surface area contributed by atoms with Crippen LogP contribution in [0.25, 0.3) is 11.1 Å². The third-order valence-corrected chi connectivity index (χ3v) is 5.16. The summed E-state index contributed by atoms with van der Waals surface area (Å²) in [7, 11) is 0. The van der Waals surface area contributed by atoms with E-state index in [4.69, 9.17) is 4.42 Å². The largest absolute Gasteiger partial charge is 0.441 e. The van der Waals surface area contributed by atoms with E-state index in [2.05, 4.69) is 15.6 Å². The maximum atomic E-state index is 12.1. The highest BCUT2D eigenvalue weighted by molar-refractivity contribution is 8.01. The van der Waals surface area contributed by atoms with Gasteiger partial charge in [0.1, 0.15) is 11.6 Å². The van der Waals surface area contributed by atoms with Gasteiger partial charge in [-0.15, -0.1) is 11.8 Å². The standard InChI is InChI=1S/C16H19N3O3S/c1-16(2)15(21)19-11(9-23-16)14(20)17-8-7-13-18-10-5-3-4-6-12(10)22-13/h3-6,11H,7-9H2,1-2H3,(H,17,20)(H,19,21). The molecular weight excluding hydrogens is 314 g/mol. The first-order valence-electron chi connectivity index (χ1n) is 7.53. The second-order valence-electron chi connectivity index (χ2n) is 5.96. The zero-order valence-corrected chi connectivity index (χ0v) is 13.9. The van der Waals surface area contributed by atoms with E-state index in [0.717, 1.165) is 11.1 Å². The fourth-order valence-corrected chi connectivity index (χ4v) is 3.32. The third-order valence-electron chi connectivity index (χ3n) is 3.76. The third kappa shape index (κ3) is 3.50. The van der Waals surface area contributed by atoms with Crippen LogP contribution in [0.5, 0.6) is 0 Å². The highest BCUT2D eigenvalue weighted by Crippen LogP contribution is 2.28. The molecule has 1 unspecified atom stereocenters. The van der Waals surface area contributed by atoms with Crippen LogP contribution in [0.2, 0.25) is 0 Å². The number of para-hydroxylation sites is 2. The van der Waals surface area contributed by atoms with Crippen LogP contribution in [0.15, 0.2) is 28.7 Å². The Bertz CT molecular complexity index is 708. The van der Waals surface area contributed by atoms with Crippen molar-refractivity contribution in [2.24, 2.45) is 0 Å². The second-order valence-corrected chi connectivity index (χ2v) is 7.61. The number of carbonyl (C=O) groups is 2. The van der Waals surface area contributed by atoms with Crippen molar-refractivity contribution >= 4 is 34.7 Å². The Morgan fingerprint density at radius 1 is 1.48 bits per heavy atom. The Morgan fingerprint density at radius 2 is 2.26 bits per heavy atom. The van der Waals surface area contributed by atoms with Crippen molar-refractivity contribution in [3.63, 3.8) is 0 Å². The number of nitrogens with zero attached hydrogens (tertiary/aromatic N) is 1. The lowest BCUT2D eigenvalue weighted by Crippen LogP contribution is -2.57. The van der Waals surface area contributed by atoms with E-state index in [-0.39, 0.29) is 11.8 Å². The van der Waals surface area contributed by atoms with Gasteiger partial charge in [0.25, 0.3) is 0 Å². The van der Waals surface area contributed by atoms with Crippen molar-refractivity contribution in [3.8, 4) is 0 Å². The van der Waals surface area contributed by atoms with Gasteiger partial charge in [0.2, 0.25) is 11.8 Å². The minimum absolute atomic E-state index is 0.104. The number of benzene rings is 1. The number of hydrogen-bond acceptors (Lipinski definition) is 5. The van der Waals surface area contributed by atoms with E-state index in [0.29, 0.717) is 24.6 Å². The summed E-state index contributed by atoms with van der Waals surface area (Å²) in [6, 6.07) is 7.06. The summed E-state index contributed by atoms with van der Waals surface area (Å²) in [5.41, 5.74) is 1.55. The predicted molar refractivity (Wildman–Crippen MR) is 89.2 cm³/mol. The van der Waals surface area contributed by atoms with Crippen molar-refractivity contribution in [2.45, 2.75) is 31.1 Å². The first-order valence-corrected chi connectivity index (χ1v) is 8.51. The normalized spacial score (nSPS) is 20.3. The first-order chi connectivity index (χ1) is 11.0. The molecule has 1 saturated heterocycles. The zero-order chi connectivity index (χ0) is 16.4. The number of oxazole rings is 1. The van der Waals surface area contributed by atoms with Gasteiger partial charge >= 0.3 is 0 Å². The van der Waals surface area contributed by atoms with E-state index >= 15 is 0 Å². The number of aromatic nitrogens is 1. The molecule has 2 N–H and O–H groups in total. The van der Waals surface area contributed by atoms with Crippen LogP contribution in [0.3, 0.4) is 0 Å². The fourth-order valence-electron chi connectivity index (χ4n) is 2.31. The highest BCUT2D eigenvalue weighted by atomic mass is 32.2. The molecule has 1 aliphatic heterocycles. The molecule has 0 bridgehead atoms. The highest BCUT2D eigenvalue weighted by Gasteiger charge is 2.37. The van der Waals surface area contributed by atoms with Gasteiger partial charge in [-0.25, -0.2) is 4.98 Å². The summed E-state index contributed by atoms with van der Waals surface area (Å²) in [5.74, 6) is 0.896. The molecule has 1 aliphatic rings. The van der Waals surface area contributed by atoms with Gasteiger partial charge in [-0.3, -0.25) is 9.59 Å². The zero-order valence-electron chi connectivity index (χ0n) is 13.1. The van der Waals surface area contributed by atoms with Crippen molar-refractivity contribution in [3.05, 3.63) is 30.2 Å². The van der Waals surface area contributed by atoms with Crippen molar-refractivity contribution in [1.29, 1.82) is 0 Å². The maximum Gasteiger partial charge on any atom is 0.243 e. The number of carbonyl (C=O) groups excluding carboxylic acids is 2. The van der Waals surface area contributed by atoms with Gasteiger partial charge in [0.05, 0.1) is 4.75 Å². The second kappa shape index (κ2) is 6.23. The lowest BCUT2D eigenvalue weighted by Gasteiger charge is -2.32. The number of rotatable bonds is 4. The van der Waals surface area contributed by atoms with Gasteiger partial charge in [-0.1, -0.05) is 12.1 Å².